The highest BCUT2D eigenvalue weighted by molar-refractivity contribution is 7.59. The van der Waals surface area contributed by atoms with Gasteiger partial charge in [-0.1, -0.05) is 6.07 Å². The molecule has 1 heterocycles. The van der Waals surface area contributed by atoms with E-state index in [0.717, 1.165) is 18.4 Å². The largest absolute Gasteiger partial charge is 0.481 e. The van der Waals surface area contributed by atoms with Gasteiger partial charge in [-0.15, -0.1) is 0 Å². The minimum atomic E-state index is -0.717. The predicted molar refractivity (Wildman–Crippen MR) is 62.3 cm³/mol. The number of carbonyl (C=O) groups is 1. The van der Waals surface area contributed by atoms with Gasteiger partial charge in [0, 0.05) is 12.4 Å². The molecule has 0 radical (unpaired) electrons. The molecule has 0 saturated heterocycles. The van der Waals surface area contributed by atoms with Gasteiger partial charge in [0.1, 0.15) is 0 Å². The minimum Gasteiger partial charge on any atom is -0.481 e. The van der Waals surface area contributed by atoms with E-state index < -0.39 is 5.97 Å². The summed E-state index contributed by atoms with van der Waals surface area (Å²) in [7, 11) is 0. The van der Waals surface area contributed by atoms with E-state index in [1.54, 1.807) is 12.4 Å². The average Bonchev–Trinajstić information content (AvgIpc) is 2.99. The van der Waals surface area contributed by atoms with Crippen LogP contribution in [0.3, 0.4) is 0 Å². The Morgan fingerprint density at radius 1 is 1.60 bits per heavy atom. The Hall–Kier alpha value is -1.03. The highest BCUT2D eigenvalue weighted by Crippen LogP contribution is 2.44. The fourth-order valence-electron chi connectivity index (χ4n) is 1.84. The summed E-state index contributed by atoms with van der Waals surface area (Å²) in [6.45, 7) is 0. The fraction of sp³-hybridized carbons (Fsp3) is 0.455. The molecule has 2 rings (SSSR count). The zero-order valence-electron chi connectivity index (χ0n) is 8.39. The first-order valence-electron chi connectivity index (χ1n) is 4.89. The molecule has 0 amide bonds. The molecule has 1 aromatic rings. The Morgan fingerprint density at radius 3 is 2.80 bits per heavy atom. The Kier molecular flexibility index (Phi) is 4.15. The van der Waals surface area contributed by atoms with Gasteiger partial charge in [0.2, 0.25) is 0 Å². The van der Waals surface area contributed by atoms with Gasteiger partial charge in [0.05, 0.1) is 6.42 Å². The molecular weight excluding hydrogens is 210 g/mol. The predicted octanol–water partition coefficient (Wildman–Crippen LogP) is 2.16. The van der Waals surface area contributed by atoms with Crippen molar-refractivity contribution in [3.63, 3.8) is 0 Å². The van der Waals surface area contributed by atoms with E-state index in [0.29, 0.717) is 5.92 Å². The highest BCUT2D eigenvalue weighted by atomic mass is 32.1. The summed E-state index contributed by atoms with van der Waals surface area (Å²) in [5, 5.41) is 8.80. The van der Waals surface area contributed by atoms with Crippen LogP contribution in [0, 0.1) is 5.92 Å². The molecule has 15 heavy (non-hydrogen) atoms. The number of aromatic nitrogens is 1. The zero-order valence-corrected chi connectivity index (χ0v) is 9.39. The van der Waals surface area contributed by atoms with Crippen LogP contribution in [0.25, 0.3) is 0 Å². The maximum Gasteiger partial charge on any atom is 0.303 e. The first-order valence-corrected chi connectivity index (χ1v) is 4.89. The topological polar surface area (TPSA) is 50.2 Å². The summed E-state index contributed by atoms with van der Waals surface area (Å²) in [5.74, 6) is 0.0160. The molecule has 82 valence electrons. The summed E-state index contributed by atoms with van der Waals surface area (Å²) in [6.07, 6.45) is 6.05. The molecule has 1 saturated carbocycles. The molecule has 1 aromatic heterocycles. The zero-order chi connectivity index (χ0) is 9.97. The number of carboxylic acids is 1. The second-order valence-electron chi connectivity index (χ2n) is 3.83. The number of nitrogens with zero attached hydrogens (tertiary/aromatic N) is 1. The van der Waals surface area contributed by atoms with E-state index >= 15 is 0 Å². The SMILES string of the molecule is O=C(O)C[C@H](c1cccnc1)C1CC1.S. The molecule has 0 aliphatic heterocycles. The van der Waals surface area contributed by atoms with Crippen LogP contribution in [0.5, 0.6) is 0 Å². The summed E-state index contributed by atoms with van der Waals surface area (Å²) in [5.41, 5.74) is 1.07. The third kappa shape index (κ3) is 3.23. The summed E-state index contributed by atoms with van der Waals surface area (Å²) >= 11 is 0. The molecule has 0 bridgehead atoms. The van der Waals surface area contributed by atoms with Gasteiger partial charge < -0.3 is 5.11 Å². The second kappa shape index (κ2) is 5.16. The van der Waals surface area contributed by atoms with E-state index in [9.17, 15) is 4.79 Å². The third-order valence-corrected chi connectivity index (χ3v) is 2.70. The van der Waals surface area contributed by atoms with E-state index in [4.69, 9.17) is 5.11 Å². The number of hydrogen-bond donors (Lipinski definition) is 1. The van der Waals surface area contributed by atoms with Gasteiger partial charge in [0.25, 0.3) is 0 Å². The van der Waals surface area contributed by atoms with Crippen molar-refractivity contribution in [2.75, 3.05) is 0 Å². The Balaban J connectivity index is 0.00000112. The van der Waals surface area contributed by atoms with Crippen molar-refractivity contribution in [2.45, 2.75) is 25.2 Å². The van der Waals surface area contributed by atoms with Gasteiger partial charge in [-0.3, -0.25) is 9.78 Å². The van der Waals surface area contributed by atoms with Crippen LogP contribution in [0.1, 0.15) is 30.7 Å². The molecule has 1 fully saturated rings. The lowest BCUT2D eigenvalue weighted by atomic mass is 9.92. The van der Waals surface area contributed by atoms with Gasteiger partial charge in [-0.05, 0) is 36.3 Å². The molecule has 4 heteroatoms. The molecule has 3 nitrogen and oxygen atoms in total. The molecule has 1 N–H and O–H groups in total. The van der Waals surface area contributed by atoms with Crippen molar-refractivity contribution in [1.82, 2.24) is 4.98 Å². The van der Waals surface area contributed by atoms with Crippen LogP contribution in [0.4, 0.5) is 0 Å². The maximum absolute atomic E-state index is 10.7. The first kappa shape index (κ1) is 12.0. The smallest absolute Gasteiger partial charge is 0.303 e. The van der Waals surface area contributed by atoms with Crippen molar-refractivity contribution >= 4 is 19.5 Å². The number of pyridine rings is 1. The van der Waals surface area contributed by atoms with Crippen LogP contribution >= 0.6 is 13.5 Å². The second-order valence-corrected chi connectivity index (χ2v) is 3.83. The van der Waals surface area contributed by atoms with E-state index in [2.05, 4.69) is 4.98 Å². The van der Waals surface area contributed by atoms with E-state index in [-0.39, 0.29) is 25.8 Å². The summed E-state index contributed by atoms with van der Waals surface area (Å²) in [6, 6.07) is 3.84. The lowest BCUT2D eigenvalue weighted by Gasteiger charge is -2.13. The minimum absolute atomic E-state index is 0. The van der Waals surface area contributed by atoms with Crippen molar-refractivity contribution < 1.29 is 9.90 Å². The molecule has 0 spiro atoms. The number of aliphatic carboxylic acids is 1. The van der Waals surface area contributed by atoms with Crippen molar-refractivity contribution in [2.24, 2.45) is 5.92 Å². The van der Waals surface area contributed by atoms with Crippen molar-refractivity contribution in [3.05, 3.63) is 30.1 Å². The average molecular weight is 225 g/mol. The Labute approximate surface area is 96.0 Å². The molecule has 1 aliphatic carbocycles. The number of carboxylic acid groups (broad SMARTS) is 1. The highest BCUT2D eigenvalue weighted by Gasteiger charge is 2.33. The molecule has 0 unspecified atom stereocenters. The number of hydrogen-bond acceptors (Lipinski definition) is 2. The van der Waals surface area contributed by atoms with Gasteiger partial charge >= 0.3 is 5.97 Å². The standard InChI is InChI=1S/C11H13NO2.H2S/c13-11(14)6-10(8-3-4-8)9-2-1-5-12-7-9;/h1-2,5,7-8,10H,3-4,6H2,(H,13,14);1H2/t10-;/m0./s1. The molecular formula is C11H15NO2S. The molecule has 0 aromatic carbocycles. The maximum atomic E-state index is 10.7. The lowest BCUT2D eigenvalue weighted by molar-refractivity contribution is -0.137. The quantitative estimate of drug-likeness (QED) is 0.854. The van der Waals surface area contributed by atoms with Crippen molar-refractivity contribution in [1.29, 1.82) is 0 Å². The Bertz CT molecular complexity index is 325. The summed E-state index contributed by atoms with van der Waals surface area (Å²) in [4.78, 5) is 14.7. The third-order valence-electron chi connectivity index (χ3n) is 2.70. The van der Waals surface area contributed by atoms with E-state index in [1.807, 2.05) is 12.1 Å². The Morgan fingerprint density at radius 2 is 2.33 bits per heavy atom. The fourth-order valence-corrected chi connectivity index (χ4v) is 1.84. The summed E-state index contributed by atoms with van der Waals surface area (Å²) < 4.78 is 0. The number of rotatable bonds is 4. The van der Waals surface area contributed by atoms with Gasteiger partial charge in [0.15, 0.2) is 0 Å². The molecule has 1 aliphatic rings. The monoisotopic (exact) mass is 225 g/mol. The van der Waals surface area contributed by atoms with Crippen LogP contribution in [0.2, 0.25) is 0 Å². The normalized spacial score (nSPS) is 16.5. The first-order chi connectivity index (χ1) is 6.77. The molecule has 1 atom stereocenters. The van der Waals surface area contributed by atoms with E-state index in [1.165, 1.54) is 0 Å². The van der Waals surface area contributed by atoms with Crippen molar-refractivity contribution in [3.8, 4) is 0 Å². The van der Waals surface area contributed by atoms with Crippen LogP contribution in [-0.4, -0.2) is 16.1 Å². The van der Waals surface area contributed by atoms with Gasteiger partial charge in [-0.25, -0.2) is 0 Å². The lowest BCUT2D eigenvalue weighted by Crippen LogP contribution is -2.08. The van der Waals surface area contributed by atoms with Crippen LogP contribution < -0.4 is 0 Å². The van der Waals surface area contributed by atoms with Crippen LogP contribution in [0.15, 0.2) is 24.5 Å². The van der Waals surface area contributed by atoms with Crippen LogP contribution in [-0.2, 0) is 4.79 Å². The van der Waals surface area contributed by atoms with Gasteiger partial charge in [-0.2, -0.15) is 13.5 Å².